The van der Waals surface area contributed by atoms with E-state index in [4.69, 9.17) is 5.73 Å². The lowest BCUT2D eigenvalue weighted by molar-refractivity contribution is -0.438. The van der Waals surface area contributed by atoms with Gasteiger partial charge in [-0.3, -0.25) is 23.0 Å². The predicted octanol–water partition coefficient (Wildman–Crippen LogP) is 6.22. The van der Waals surface area contributed by atoms with Gasteiger partial charge in [0.05, 0.1) is 15.2 Å². The van der Waals surface area contributed by atoms with Crippen molar-refractivity contribution in [3.8, 4) is 0 Å². The third-order valence-electron chi connectivity index (χ3n) is 11.3. The van der Waals surface area contributed by atoms with E-state index < -0.39 is 76.8 Å². The Morgan fingerprint density at radius 3 is 1.72 bits per heavy atom. The van der Waals surface area contributed by atoms with Crippen LogP contribution in [0, 0.1) is 0 Å². The fraction of sp³-hybridized carbons (Fsp3) is 0.317. The number of allylic oxidation sites excluding steroid dienone is 6. The summed E-state index contributed by atoms with van der Waals surface area (Å²) in [4.78, 5) is 10.6. The first kappa shape index (κ1) is 45.7. The average molecular weight is 917 g/mol. The minimum Gasteiger partial charge on any atom is -0.370 e. The molecule has 0 bridgehead atoms. The van der Waals surface area contributed by atoms with Crippen molar-refractivity contribution in [3.05, 3.63) is 95.7 Å². The summed E-state index contributed by atoms with van der Waals surface area (Å²) >= 11 is 0. The van der Waals surface area contributed by atoms with Crippen LogP contribution in [0.2, 0.25) is 0 Å². The molecular formula is C41H46N3O13S4+. The Kier molecular flexibility index (Phi) is 11.9. The van der Waals surface area contributed by atoms with Crippen molar-refractivity contribution in [1.82, 2.24) is 0 Å². The first-order chi connectivity index (χ1) is 28.1. The van der Waals surface area contributed by atoms with Gasteiger partial charge in [-0.1, -0.05) is 38.1 Å². The zero-order valence-corrected chi connectivity index (χ0v) is 37.1. The van der Waals surface area contributed by atoms with Gasteiger partial charge in [0.2, 0.25) is 11.6 Å². The minimum absolute atomic E-state index is 0.0525. The van der Waals surface area contributed by atoms with E-state index in [1.54, 1.807) is 30.4 Å². The molecule has 0 aliphatic carbocycles. The highest BCUT2D eigenvalue weighted by atomic mass is 32.2. The van der Waals surface area contributed by atoms with Crippen molar-refractivity contribution in [1.29, 1.82) is 0 Å². The molecule has 2 aliphatic heterocycles. The van der Waals surface area contributed by atoms with Crippen molar-refractivity contribution in [2.75, 3.05) is 18.0 Å². The largest absolute Gasteiger partial charge is 0.370 e. The molecule has 2 heterocycles. The number of hydrogen-bond acceptors (Lipinski definition) is 10. The molecule has 4 aromatic carbocycles. The highest BCUT2D eigenvalue weighted by molar-refractivity contribution is 7.87. The topological polar surface area (TPSA) is 267 Å². The average Bonchev–Trinajstić information content (AvgIpc) is 3.49. The molecule has 4 aromatic rings. The molecule has 0 saturated heterocycles. The van der Waals surface area contributed by atoms with Gasteiger partial charge >= 0.3 is 0 Å². The first-order valence-corrected chi connectivity index (χ1v) is 24.8. The lowest BCUT2D eigenvalue weighted by Crippen LogP contribution is -2.28. The Hall–Kier alpha value is -4.80. The van der Waals surface area contributed by atoms with Crippen LogP contribution in [0.3, 0.4) is 0 Å². The maximum absolute atomic E-state index is 12.5. The number of unbranched alkanes of at least 4 members (excludes halogenated alkanes) is 2. The van der Waals surface area contributed by atoms with Crippen molar-refractivity contribution in [2.24, 2.45) is 5.73 Å². The normalized spacial score (nSPS) is 17.4. The predicted molar refractivity (Wildman–Crippen MR) is 230 cm³/mol. The number of nitrogens with zero attached hydrogens (tertiary/aromatic N) is 2. The molecule has 0 radical (unpaired) electrons. The van der Waals surface area contributed by atoms with Gasteiger partial charge in [-0.15, -0.1) is 0 Å². The maximum atomic E-state index is 12.5. The summed E-state index contributed by atoms with van der Waals surface area (Å²) in [6.45, 7) is 10.3. The van der Waals surface area contributed by atoms with E-state index in [1.165, 1.54) is 24.3 Å². The second kappa shape index (κ2) is 15.8. The smallest absolute Gasteiger partial charge is 0.295 e. The molecule has 1 amide bonds. The molecule has 326 valence electrons. The van der Waals surface area contributed by atoms with Crippen molar-refractivity contribution >= 4 is 85.0 Å². The molecule has 0 saturated carbocycles. The Balaban J connectivity index is 1.44. The minimum atomic E-state index is -4.94. The van der Waals surface area contributed by atoms with Crippen LogP contribution in [0.25, 0.3) is 21.5 Å². The van der Waals surface area contributed by atoms with E-state index in [0.717, 1.165) is 11.4 Å². The van der Waals surface area contributed by atoms with Crippen molar-refractivity contribution in [2.45, 2.75) is 90.7 Å². The lowest BCUT2D eigenvalue weighted by Gasteiger charge is -2.26. The summed E-state index contributed by atoms with van der Waals surface area (Å²) < 4.78 is 141. The van der Waals surface area contributed by atoms with E-state index in [2.05, 4.69) is 0 Å². The van der Waals surface area contributed by atoms with Crippen LogP contribution >= 0.6 is 0 Å². The van der Waals surface area contributed by atoms with Gasteiger partial charge in [-0.2, -0.15) is 38.2 Å². The SMILES string of the molecule is CCN1\C(=C/C=C/C=C/C2=[N+](CCCCCC(N)=O)c3ccc4c(S(=O)(=O)O)cc(S(=O)(=O)O)cc4c3C2(C)C)C(C)(C)c2c1ccc1c(S(=O)(=O)O)cc(S(=O)(=O)O)cc21. The number of fused-ring (bicyclic) bond motifs is 6. The lowest BCUT2D eigenvalue weighted by atomic mass is 9.79. The van der Waals surface area contributed by atoms with Gasteiger partial charge in [0.1, 0.15) is 16.3 Å². The molecule has 20 heteroatoms. The van der Waals surface area contributed by atoms with Gasteiger partial charge in [-0.25, -0.2) is 0 Å². The standard InChI is InChI=1S/C41H45N3O13S4/c1-6-43-31-18-16-27-29(21-25(58(46,47)48)23-33(27)60(52,53)54)38(31)40(2,3)35(43)13-9-7-10-14-36-41(4,5)39-30-22-26(59(49,50)51)24-34(61(55,56)57)28(30)17-19-32(39)44(36)20-12-8-11-15-37(42)45/h7,9-10,13-14,16-19,21-24H,6,8,11-12,15,20H2,1-5H3,(H5-,42,45,46,47,48,49,50,51,52,53,54,55,56,57)/p+1. The molecule has 6 rings (SSSR count). The van der Waals surface area contributed by atoms with Crippen LogP contribution in [0.15, 0.2) is 104 Å². The van der Waals surface area contributed by atoms with Gasteiger partial charge in [0.15, 0.2) is 5.71 Å². The Morgan fingerprint density at radius 2 is 1.21 bits per heavy atom. The van der Waals surface area contributed by atoms with Crippen LogP contribution in [0.1, 0.15) is 71.4 Å². The number of likely N-dealkylation sites (N-methyl/N-ethyl adjacent to an activating group) is 1. The van der Waals surface area contributed by atoms with Gasteiger partial charge in [0.25, 0.3) is 40.5 Å². The van der Waals surface area contributed by atoms with E-state index >= 15 is 0 Å². The molecule has 0 atom stereocenters. The van der Waals surface area contributed by atoms with E-state index in [-0.39, 0.29) is 28.0 Å². The number of hydrogen-bond donors (Lipinski definition) is 5. The molecule has 0 fully saturated rings. The van der Waals surface area contributed by atoms with Crippen LogP contribution in [-0.2, 0) is 56.1 Å². The van der Waals surface area contributed by atoms with Crippen molar-refractivity contribution < 1.29 is 61.3 Å². The third-order valence-corrected chi connectivity index (χ3v) is 14.7. The van der Waals surface area contributed by atoms with Crippen LogP contribution in [0.4, 0.5) is 11.4 Å². The summed E-state index contributed by atoms with van der Waals surface area (Å²) in [6, 6.07) is 10.1. The Morgan fingerprint density at radius 1 is 0.672 bits per heavy atom. The Bertz CT molecular complexity index is 3130. The second-order valence-corrected chi connectivity index (χ2v) is 21.6. The number of nitrogens with two attached hydrogens (primary N) is 1. The number of amides is 1. The molecule has 0 unspecified atom stereocenters. The molecule has 0 aromatic heterocycles. The molecule has 61 heavy (non-hydrogen) atoms. The van der Waals surface area contributed by atoms with E-state index in [9.17, 15) is 56.7 Å². The first-order valence-electron chi connectivity index (χ1n) is 19.0. The number of carbonyl (C=O) groups excluding carboxylic acids is 1. The van der Waals surface area contributed by atoms with Crippen LogP contribution < -0.4 is 10.6 Å². The molecule has 0 spiro atoms. The summed E-state index contributed by atoms with van der Waals surface area (Å²) in [5, 5.41) is 0.528. The van der Waals surface area contributed by atoms with Crippen LogP contribution in [-0.4, -0.2) is 81.2 Å². The summed E-state index contributed by atoms with van der Waals surface area (Å²) in [5.41, 5.74) is 7.51. The third kappa shape index (κ3) is 8.55. The molecule has 2 aliphatic rings. The number of benzene rings is 4. The maximum Gasteiger partial charge on any atom is 0.295 e. The number of rotatable bonds is 14. The fourth-order valence-electron chi connectivity index (χ4n) is 8.69. The number of carbonyl (C=O) groups is 1. The summed E-state index contributed by atoms with van der Waals surface area (Å²) in [7, 11) is -19.6. The molecule has 16 nitrogen and oxygen atoms in total. The summed E-state index contributed by atoms with van der Waals surface area (Å²) in [6.07, 6.45) is 11.1. The van der Waals surface area contributed by atoms with Gasteiger partial charge < -0.3 is 10.6 Å². The number of anilines is 1. The zero-order valence-electron chi connectivity index (χ0n) is 33.8. The highest BCUT2D eigenvalue weighted by Gasteiger charge is 2.46. The summed E-state index contributed by atoms with van der Waals surface area (Å²) in [5.74, 6) is -0.418. The second-order valence-electron chi connectivity index (χ2n) is 16.0. The zero-order chi connectivity index (χ0) is 45.2. The molecule has 6 N–H and O–H groups in total. The van der Waals surface area contributed by atoms with Gasteiger partial charge in [-0.05, 0) is 92.4 Å². The van der Waals surface area contributed by atoms with E-state index in [0.29, 0.717) is 67.0 Å². The Labute approximate surface area is 354 Å². The quantitative estimate of drug-likeness (QED) is 0.0407. The highest BCUT2D eigenvalue weighted by Crippen LogP contribution is 2.52. The number of primary amides is 1. The van der Waals surface area contributed by atoms with Crippen LogP contribution in [0.5, 0.6) is 0 Å². The van der Waals surface area contributed by atoms with Crippen molar-refractivity contribution in [3.63, 3.8) is 0 Å². The fourth-order valence-corrected chi connectivity index (χ4v) is 11.4. The van der Waals surface area contributed by atoms with Gasteiger partial charge in [0, 0.05) is 64.7 Å². The molecular weight excluding hydrogens is 871 g/mol. The monoisotopic (exact) mass is 916 g/mol. The van der Waals surface area contributed by atoms with E-state index in [1.807, 2.05) is 56.2 Å².